The van der Waals surface area contributed by atoms with Crippen LogP contribution in [0.1, 0.15) is 0 Å². The quantitative estimate of drug-likeness (QED) is 0.283. The number of thiophene rings is 1. The van der Waals surface area contributed by atoms with E-state index in [0.29, 0.717) is 0 Å². The molecule has 1 N–H and O–H groups in total. The molecule has 0 aliphatic carbocycles. The Morgan fingerprint density at radius 2 is 1.68 bits per heavy atom. The van der Waals surface area contributed by atoms with E-state index in [0.717, 1.165) is 37.7 Å². The number of benzene rings is 2. The molecular weight excluding hydrogens is 442 g/mol. The van der Waals surface area contributed by atoms with Crippen LogP contribution >= 0.6 is 34.7 Å². The molecule has 3 nitrogen and oxygen atoms in total. The zero-order valence-electron chi connectivity index (χ0n) is 16.7. The summed E-state index contributed by atoms with van der Waals surface area (Å²) in [4.78, 5) is 9.30. The van der Waals surface area contributed by atoms with E-state index >= 15 is 0 Å². The fraction of sp³-hybridized carbons (Fsp3) is 0.0400. The van der Waals surface area contributed by atoms with Gasteiger partial charge in [0.25, 0.3) is 0 Å². The molecule has 152 valence electrons. The second-order valence-corrected chi connectivity index (χ2v) is 9.35. The van der Waals surface area contributed by atoms with Gasteiger partial charge in [-0.25, -0.2) is 14.5 Å². The molecule has 0 amide bonds. The molecule has 0 bridgehead atoms. The lowest BCUT2D eigenvalue weighted by atomic mass is 10.1. The SMILES string of the molecule is C[n+]1c(-c2ccccn2)[nH]c(-c2ccc(-c3ccsc3)cc2)c1Sc1ccc(Cl)cc1. The number of aromatic amines is 1. The number of aromatic nitrogens is 3. The van der Waals surface area contributed by atoms with Gasteiger partial charge in [0.1, 0.15) is 0 Å². The maximum atomic E-state index is 6.09. The van der Waals surface area contributed by atoms with Crippen molar-refractivity contribution in [2.75, 3.05) is 0 Å². The van der Waals surface area contributed by atoms with E-state index in [-0.39, 0.29) is 0 Å². The van der Waals surface area contributed by atoms with E-state index in [2.05, 4.69) is 62.7 Å². The summed E-state index contributed by atoms with van der Waals surface area (Å²) in [5, 5.41) is 6.13. The monoisotopic (exact) mass is 460 g/mol. The normalized spacial score (nSPS) is 11.0. The average Bonchev–Trinajstić information content (AvgIpc) is 3.45. The maximum absolute atomic E-state index is 6.09. The standard InChI is InChI=1S/C25H18ClN3S2/c1-29-24(22-4-2-3-14-27-22)28-23(25(29)31-21-11-9-20(26)10-12-21)18-7-5-17(6-8-18)19-13-15-30-16-19/h2-16H,1H3/p+1. The zero-order chi connectivity index (χ0) is 21.2. The number of pyridine rings is 1. The van der Waals surface area contributed by atoms with Crippen molar-refractivity contribution in [3.05, 3.63) is 94.8 Å². The Morgan fingerprint density at radius 3 is 2.35 bits per heavy atom. The average molecular weight is 461 g/mol. The van der Waals surface area contributed by atoms with E-state index in [1.54, 1.807) is 23.1 Å². The Morgan fingerprint density at radius 1 is 0.903 bits per heavy atom. The lowest BCUT2D eigenvalue weighted by Crippen LogP contribution is -2.31. The molecule has 3 aromatic heterocycles. The van der Waals surface area contributed by atoms with Gasteiger partial charge in [0.2, 0.25) is 5.03 Å². The summed E-state index contributed by atoms with van der Waals surface area (Å²) in [6.07, 6.45) is 1.82. The highest BCUT2D eigenvalue weighted by atomic mass is 35.5. The molecule has 0 atom stereocenters. The lowest BCUT2D eigenvalue weighted by Gasteiger charge is -2.03. The predicted octanol–water partition coefficient (Wildman–Crippen LogP) is 7.10. The highest BCUT2D eigenvalue weighted by Gasteiger charge is 2.26. The number of imidazole rings is 1. The van der Waals surface area contributed by atoms with Gasteiger partial charge in [-0.05, 0) is 88.2 Å². The van der Waals surface area contributed by atoms with Gasteiger partial charge in [-0.15, -0.1) is 0 Å². The molecule has 0 saturated heterocycles. The van der Waals surface area contributed by atoms with E-state index in [9.17, 15) is 0 Å². The number of hydrogen-bond donors (Lipinski definition) is 1. The van der Waals surface area contributed by atoms with Gasteiger partial charge in [0.05, 0.1) is 7.05 Å². The first-order valence-electron chi connectivity index (χ1n) is 9.79. The number of halogens is 1. The number of nitrogens with zero attached hydrogens (tertiary/aromatic N) is 2. The molecule has 2 aromatic carbocycles. The van der Waals surface area contributed by atoms with Crippen LogP contribution in [0, 0.1) is 0 Å². The van der Waals surface area contributed by atoms with Crippen LogP contribution in [0.2, 0.25) is 5.02 Å². The smallest absolute Gasteiger partial charge is 0.248 e. The Balaban J connectivity index is 1.60. The minimum atomic E-state index is 0.737. The minimum Gasteiger partial charge on any atom is -0.248 e. The third-order valence-corrected chi connectivity index (χ3v) is 7.18. The van der Waals surface area contributed by atoms with Gasteiger partial charge < -0.3 is 0 Å². The molecule has 6 heteroatoms. The number of H-pyrrole nitrogens is 1. The summed E-state index contributed by atoms with van der Waals surface area (Å²) >= 11 is 9.51. The fourth-order valence-electron chi connectivity index (χ4n) is 3.45. The number of hydrogen-bond acceptors (Lipinski definition) is 3. The van der Waals surface area contributed by atoms with Crippen molar-refractivity contribution in [2.24, 2.45) is 7.05 Å². The second-order valence-electron chi connectivity index (χ2n) is 7.07. The summed E-state index contributed by atoms with van der Waals surface area (Å²) < 4.78 is 2.17. The molecule has 0 unspecified atom stereocenters. The molecule has 31 heavy (non-hydrogen) atoms. The van der Waals surface area contributed by atoms with Gasteiger partial charge >= 0.3 is 5.82 Å². The molecule has 5 aromatic rings. The molecule has 0 aliphatic heterocycles. The topological polar surface area (TPSA) is 32.6 Å². The van der Waals surface area contributed by atoms with Crippen LogP contribution in [0.3, 0.4) is 0 Å². The third kappa shape index (κ3) is 4.17. The third-order valence-electron chi connectivity index (χ3n) is 5.06. The molecule has 0 fully saturated rings. The van der Waals surface area contributed by atoms with Crippen LogP contribution in [0.15, 0.2) is 99.7 Å². The number of rotatable bonds is 5. The van der Waals surface area contributed by atoms with Gasteiger partial charge in [0.15, 0.2) is 11.4 Å². The molecule has 5 rings (SSSR count). The van der Waals surface area contributed by atoms with Crippen molar-refractivity contribution < 1.29 is 4.57 Å². The van der Waals surface area contributed by atoms with E-state index in [4.69, 9.17) is 11.6 Å². The first kappa shape index (κ1) is 20.1. The maximum Gasteiger partial charge on any atom is 0.306 e. The van der Waals surface area contributed by atoms with Crippen LogP contribution in [0.5, 0.6) is 0 Å². The highest BCUT2D eigenvalue weighted by Crippen LogP contribution is 2.36. The second kappa shape index (κ2) is 8.71. The van der Waals surface area contributed by atoms with E-state index in [1.807, 2.05) is 48.7 Å². The van der Waals surface area contributed by atoms with E-state index in [1.165, 1.54) is 11.1 Å². The van der Waals surface area contributed by atoms with Crippen molar-refractivity contribution in [1.82, 2.24) is 9.97 Å². The summed E-state index contributed by atoms with van der Waals surface area (Å²) in [6, 6.07) is 24.7. The molecule has 0 aliphatic rings. The predicted molar refractivity (Wildman–Crippen MR) is 130 cm³/mol. The van der Waals surface area contributed by atoms with Gasteiger partial charge in [-0.1, -0.05) is 29.8 Å². The highest BCUT2D eigenvalue weighted by molar-refractivity contribution is 7.99. The van der Waals surface area contributed by atoms with Crippen LogP contribution in [0.25, 0.3) is 33.9 Å². The van der Waals surface area contributed by atoms with Crippen molar-refractivity contribution in [3.8, 4) is 33.9 Å². The Labute approximate surface area is 194 Å². The Hall–Kier alpha value is -2.86. The van der Waals surface area contributed by atoms with Crippen LogP contribution in [-0.4, -0.2) is 9.97 Å². The van der Waals surface area contributed by atoms with Crippen molar-refractivity contribution in [1.29, 1.82) is 0 Å². The van der Waals surface area contributed by atoms with Gasteiger partial charge in [-0.3, -0.25) is 0 Å². The fourth-order valence-corrected chi connectivity index (χ4v) is 5.24. The molecular formula is C25H19ClN3S2+. The zero-order valence-corrected chi connectivity index (χ0v) is 19.1. The minimum absolute atomic E-state index is 0.737. The van der Waals surface area contributed by atoms with Crippen molar-refractivity contribution >= 4 is 34.7 Å². The summed E-state index contributed by atoms with van der Waals surface area (Å²) in [5.74, 6) is 0.967. The van der Waals surface area contributed by atoms with Crippen LogP contribution in [-0.2, 0) is 7.05 Å². The molecule has 3 heterocycles. The van der Waals surface area contributed by atoms with Crippen molar-refractivity contribution in [2.45, 2.75) is 9.92 Å². The Bertz CT molecular complexity index is 1290. The molecule has 0 spiro atoms. The molecule has 0 radical (unpaired) electrons. The van der Waals surface area contributed by atoms with Gasteiger partial charge in [0, 0.05) is 21.7 Å². The van der Waals surface area contributed by atoms with Crippen LogP contribution in [0.4, 0.5) is 0 Å². The lowest BCUT2D eigenvalue weighted by molar-refractivity contribution is -0.695. The first-order valence-corrected chi connectivity index (χ1v) is 11.9. The largest absolute Gasteiger partial charge is 0.306 e. The van der Waals surface area contributed by atoms with E-state index < -0.39 is 0 Å². The summed E-state index contributed by atoms with van der Waals surface area (Å²) in [7, 11) is 2.07. The van der Waals surface area contributed by atoms with Crippen LogP contribution < -0.4 is 4.57 Å². The molecule has 0 saturated carbocycles. The first-order chi connectivity index (χ1) is 15.2. The summed E-state index contributed by atoms with van der Waals surface area (Å²) in [6.45, 7) is 0. The number of nitrogens with one attached hydrogen (secondary N) is 1. The Kier molecular flexibility index (Phi) is 5.64. The summed E-state index contributed by atoms with van der Waals surface area (Å²) in [5.41, 5.74) is 5.58. The van der Waals surface area contributed by atoms with Crippen molar-refractivity contribution in [3.63, 3.8) is 0 Å². The van der Waals surface area contributed by atoms with Gasteiger partial charge in [-0.2, -0.15) is 11.3 Å².